The number of methoxy groups -OCH3 is 3. The van der Waals surface area contributed by atoms with E-state index in [0.29, 0.717) is 11.5 Å². The monoisotopic (exact) mass is 412 g/mol. The fourth-order valence-corrected chi connectivity index (χ4v) is 3.59. The van der Waals surface area contributed by atoms with Crippen molar-refractivity contribution in [2.24, 2.45) is 5.73 Å². The van der Waals surface area contributed by atoms with Gasteiger partial charge in [-0.15, -0.1) is 11.8 Å². The van der Waals surface area contributed by atoms with Crippen LogP contribution >= 0.6 is 11.8 Å². The van der Waals surface area contributed by atoms with Crippen LogP contribution in [0.15, 0.2) is 18.2 Å². The van der Waals surface area contributed by atoms with Gasteiger partial charge in [-0.3, -0.25) is 19.7 Å². The highest BCUT2D eigenvalue weighted by Crippen LogP contribution is 2.27. The number of carbonyl (C=O) groups excluding carboxylic acids is 3. The van der Waals surface area contributed by atoms with E-state index in [9.17, 15) is 14.4 Å². The van der Waals surface area contributed by atoms with Crippen LogP contribution in [0.3, 0.4) is 0 Å². The molecule has 4 atom stereocenters. The van der Waals surface area contributed by atoms with Crippen molar-refractivity contribution in [2.75, 3.05) is 21.3 Å². The molecule has 1 aliphatic heterocycles. The molecule has 1 saturated heterocycles. The Morgan fingerprint density at radius 1 is 1.21 bits per heavy atom. The second kappa shape index (κ2) is 9.62. The molecule has 5 N–H and O–H groups in total. The molecule has 0 spiro atoms. The van der Waals surface area contributed by atoms with Gasteiger partial charge in [0, 0.05) is 5.56 Å². The van der Waals surface area contributed by atoms with E-state index in [1.807, 2.05) is 0 Å². The predicted molar refractivity (Wildman–Crippen MR) is 103 cm³/mol. The summed E-state index contributed by atoms with van der Waals surface area (Å²) in [7, 11) is 4.24. The second-order valence-electron chi connectivity index (χ2n) is 5.90. The van der Waals surface area contributed by atoms with E-state index in [1.165, 1.54) is 27.4 Å². The van der Waals surface area contributed by atoms with Crippen molar-refractivity contribution in [2.45, 2.75) is 29.9 Å². The highest BCUT2D eigenvalue weighted by Gasteiger charge is 2.36. The van der Waals surface area contributed by atoms with Crippen LogP contribution in [0.25, 0.3) is 0 Å². The molecule has 10 nitrogen and oxygen atoms in total. The zero-order valence-corrected chi connectivity index (χ0v) is 16.8. The van der Waals surface area contributed by atoms with E-state index >= 15 is 0 Å². The van der Waals surface area contributed by atoms with Crippen molar-refractivity contribution in [1.29, 1.82) is 0 Å². The molecule has 0 bridgehead atoms. The molecule has 154 valence electrons. The first-order valence-electron chi connectivity index (χ1n) is 8.38. The van der Waals surface area contributed by atoms with Crippen LogP contribution in [0, 0.1) is 0 Å². The molecule has 1 aromatic rings. The molecule has 1 heterocycles. The maximum Gasteiger partial charge on any atom is 0.318 e. The minimum Gasteiger partial charge on any atom is -0.493 e. The molecule has 0 aliphatic carbocycles. The maximum atomic E-state index is 12.5. The van der Waals surface area contributed by atoms with Crippen molar-refractivity contribution >= 4 is 29.5 Å². The Hall–Kier alpha value is -2.50. The molecule has 2 rings (SSSR count). The number of nitrogens with one attached hydrogen (secondary N) is 3. The molecule has 28 heavy (non-hydrogen) atoms. The third kappa shape index (κ3) is 5.06. The molecule has 0 radical (unpaired) electrons. The molecule has 1 fully saturated rings. The van der Waals surface area contributed by atoms with E-state index in [4.69, 9.17) is 15.2 Å². The summed E-state index contributed by atoms with van der Waals surface area (Å²) >= 11 is 1.15. The molecule has 11 heteroatoms. The summed E-state index contributed by atoms with van der Waals surface area (Å²) in [6.07, 6.45) is -0.847. The van der Waals surface area contributed by atoms with Crippen LogP contribution in [-0.4, -0.2) is 62.1 Å². The first kappa shape index (κ1) is 21.8. The van der Waals surface area contributed by atoms with Gasteiger partial charge in [-0.25, -0.2) is 0 Å². The summed E-state index contributed by atoms with van der Waals surface area (Å²) in [5.41, 5.74) is 5.71. The number of thioether (sulfide) groups is 1. The normalized spacial score (nSPS) is 22.6. The second-order valence-corrected chi connectivity index (χ2v) is 7.35. The molecule has 1 aliphatic rings. The molecule has 2 amide bonds. The highest BCUT2D eigenvalue weighted by atomic mass is 32.2. The van der Waals surface area contributed by atoms with Crippen molar-refractivity contribution in [1.82, 2.24) is 16.0 Å². The Morgan fingerprint density at radius 3 is 2.46 bits per heavy atom. The van der Waals surface area contributed by atoms with Gasteiger partial charge in [-0.05, 0) is 25.1 Å². The summed E-state index contributed by atoms with van der Waals surface area (Å²) in [5.74, 6) is -0.508. The van der Waals surface area contributed by atoms with Gasteiger partial charge in [0.25, 0.3) is 5.91 Å². The van der Waals surface area contributed by atoms with Gasteiger partial charge >= 0.3 is 5.97 Å². The van der Waals surface area contributed by atoms with Crippen LogP contribution in [0.5, 0.6) is 11.5 Å². The number of ether oxygens (including phenoxy) is 3. The summed E-state index contributed by atoms with van der Waals surface area (Å²) in [5, 5.41) is 7.71. The number of hydrogen-bond donors (Lipinski definition) is 4. The molecule has 0 aromatic heterocycles. The zero-order valence-electron chi connectivity index (χ0n) is 16.0. The zero-order chi connectivity index (χ0) is 20.8. The van der Waals surface area contributed by atoms with Gasteiger partial charge in [-0.1, -0.05) is 0 Å². The Morgan fingerprint density at radius 2 is 1.89 bits per heavy atom. The third-order valence-electron chi connectivity index (χ3n) is 4.06. The Labute approximate surface area is 166 Å². The van der Waals surface area contributed by atoms with Crippen molar-refractivity contribution < 1.29 is 28.6 Å². The number of nitrogens with two attached hydrogens (primary N) is 1. The lowest BCUT2D eigenvalue weighted by atomic mass is 10.1. The SMILES string of the molecule is COC(=O)C(C)SC1NC(=O)C(NC(=O)c2ccc(OC)c(OC)c2)C(N)N1. The molecule has 4 unspecified atom stereocenters. The Bertz CT molecular complexity index is 746. The van der Waals surface area contributed by atoms with Crippen LogP contribution in [0.4, 0.5) is 0 Å². The van der Waals surface area contributed by atoms with Gasteiger partial charge in [0.2, 0.25) is 5.91 Å². The topological polar surface area (TPSA) is 141 Å². The summed E-state index contributed by atoms with van der Waals surface area (Å²) in [4.78, 5) is 36.5. The fourth-order valence-electron chi connectivity index (χ4n) is 2.55. The van der Waals surface area contributed by atoms with E-state index in [1.54, 1.807) is 19.1 Å². The smallest absolute Gasteiger partial charge is 0.318 e. The van der Waals surface area contributed by atoms with Gasteiger partial charge in [0.15, 0.2) is 11.5 Å². The van der Waals surface area contributed by atoms with Gasteiger partial charge < -0.3 is 30.6 Å². The number of amides is 2. The lowest BCUT2D eigenvalue weighted by molar-refractivity contribution is -0.139. The Balaban J connectivity index is 2.02. The van der Waals surface area contributed by atoms with Crippen molar-refractivity contribution in [3.63, 3.8) is 0 Å². The average molecular weight is 412 g/mol. The minimum absolute atomic E-state index is 0.286. The minimum atomic E-state index is -0.995. The van der Waals surface area contributed by atoms with Gasteiger partial charge in [0.1, 0.15) is 16.8 Å². The van der Waals surface area contributed by atoms with Crippen molar-refractivity contribution in [3.05, 3.63) is 23.8 Å². The van der Waals surface area contributed by atoms with Gasteiger partial charge in [-0.2, -0.15) is 0 Å². The van der Waals surface area contributed by atoms with E-state index in [-0.39, 0.29) is 5.56 Å². The summed E-state index contributed by atoms with van der Waals surface area (Å²) in [6, 6.07) is 3.65. The van der Waals surface area contributed by atoms with E-state index in [0.717, 1.165) is 11.8 Å². The fraction of sp³-hybridized carbons (Fsp3) is 0.471. The van der Waals surface area contributed by atoms with E-state index < -0.39 is 40.7 Å². The number of carbonyl (C=O) groups is 3. The van der Waals surface area contributed by atoms with E-state index in [2.05, 4.69) is 20.7 Å². The van der Waals surface area contributed by atoms with Crippen molar-refractivity contribution in [3.8, 4) is 11.5 Å². The first-order valence-corrected chi connectivity index (χ1v) is 9.33. The molecule has 0 saturated carbocycles. The van der Waals surface area contributed by atoms with Crippen LogP contribution in [-0.2, 0) is 14.3 Å². The predicted octanol–water partition coefficient (Wildman–Crippen LogP) is -0.615. The van der Waals surface area contributed by atoms with Crippen LogP contribution in [0.1, 0.15) is 17.3 Å². The standard InChI is InChI=1S/C17H24N4O6S/c1-8(16(24)27-4)28-17-20-13(18)12(15(23)21-17)19-14(22)9-5-6-10(25-2)11(7-9)26-3/h5-8,12-13,17,20H,18H2,1-4H3,(H,19,22)(H,21,23). The highest BCUT2D eigenvalue weighted by molar-refractivity contribution is 8.01. The maximum absolute atomic E-state index is 12.5. The average Bonchev–Trinajstić information content (AvgIpc) is 2.69. The Kier molecular flexibility index (Phi) is 7.49. The lowest BCUT2D eigenvalue weighted by Gasteiger charge is -2.35. The van der Waals surface area contributed by atoms with Gasteiger partial charge in [0.05, 0.1) is 27.5 Å². The third-order valence-corrected chi connectivity index (χ3v) is 5.19. The largest absolute Gasteiger partial charge is 0.493 e. The summed E-state index contributed by atoms with van der Waals surface area (Å²) < 4.78 is 15.0. The first-order chi connectivity index (χ1) is 13.3. The lowest BCUT2D eigenvalue weighted by Crippen LogP contribution is -2.70. The number of benzene rings is 1. The van der Waals surface area contributed by atoms with Crippen LogP contribution in [0.2, 0.25) is 0 Å². The molecular weight excluding hydrogens is 388 g/mol. The number of rotatable bonds is 7. The quantitative estimate of drug-likeness (QED) is 0.431. The number of esters is 1. The van der Waals surface area contributed by atoms with Crippen LogP contribution < -0.4 is 31.2 Å². The molecular formula is C17H24N4O6S. The number of hydrogen-bond acceptors (Lipinski definition) is 9. The summed E-state index contributed by atoms with van der Waals surface area (Å²) in [6.45, 7) is 1.65. The molecule has 1 aromatic carbocycles.